The van der Waals surface area contributed by atoms with Gasteiger partial charge in [0, 0.05) is 18.8 Å². The fraction of sp³-hybridized carbons (Fsp3) is 0.292. The minimum absolute atomic E-state index is 0.0122. The molecule has 10 heteroatoms. The summed E-state index contributed by atoms with van der Waals surface area (Å²) < 4.78 is 57.8. The largest absolute Gasteiger partial charge is 0.461 e. The van der Waals surface area contributed by atoms with E-state index < -0.39 is 21.8 Å². The van der Waals surface area contributed by atoms with E-state index in [0.717, 1.165) is 12.1 Å². The lowest BCUT2D eigenvalue weighted by Gasteiger charge is -2.23. The van der Waals surface area contributed by atoms with Gasteiger partial charge in [0.25, 0.3) is 0 Å². The average Bonchev–Trinajstić information content (AvgIpc) is 3.38. The number of sulfonamides is 1. The number of H-pyrrole nitrogens is 1. The minimum atomic E-state index is -4.02. The lowest BCUT2D eigenvalue weighted by molar-refractivity contribution is 0.0519. The highest BCUT2D eigenvalue weighted by Gasteiger charge is 2.29. The van der Waals surface area contributed by atoms with Gasteiger partial charge in [-0.25, -0.2) is 17.6 Å². The van der Waals surface area contributed by atoms with Crippen LogP contribution in [0.15, 0.2) is 47.4 Å². The van der Waals surface area contributed by atoms with Crippen LogP contribution in [0.5, 0.6) is 11.5 Å². The monoisotopic (exact) mass is 488 g/mol. The summed E-state index contributed by atoms with van der Waals surface area (Å²) in [6, 6.07) is 9.91. The molecule has 0 bridgehead atoms. The second-order valence-corrected chi connectivity index (χ2v) is 9.80. The van der Waals surface area contributed by atoms with E-state index in [9.17, 15) is 17.6 Å². The van der Waals surface area contributed by atoms with Crippen molar-refractivity contribution in [3.05, 3.63) is 76.4 Å². The van der Waals surface area contributed by atoms with Gasteiger partial charge in [-0.2, -0.15) is 4.31 Å². The van der Waals surface area contributed by atoms with Crippen LogP contribution in [0, 0.1) is 19.7 Å². The Labute approximate surface area is 197 Å². The van der Waals surface area contributed by atoms with Gasteiger partial charge in [0.2, 0.25) is 16.8 Å². The lowest BCUT2D eigenvalue weighted by Crippen LogP contribution is -2.30. The molecule has 0 radical (unpaired) electrons. The number of ether oxygens (including phenoxy) is 3. The standard InChI is InChI=1S/C24H25FN2O6S/c1-4-31-24(28)23-15(2)20(16(3)26-23)13-27(34(29,30)19-8-6-18(25)7-9-19)12-17-5-10-21-22(11-17)33-14-32-21/h5-11,26H,4,12-14H2,1-3H3. The first-order chi connectivity index (χ1) is 16.2. The predicted octanol–water partition coefficient (Wildman–Crippen LogP) is 4.07. The molecule has 3 aromatic rings. The van der Waals surface area contributed by atoms with Crippen molar-refractivity contribution in [1.82, 2.24) is 9.29 Å². The molecule has 180 valence electrons. The Balaban J connectivity index is 1.72. The summed E-state index contributed by atoms with van der Waals surface area (Å²) in [5.41, 5.74) is 2.91. The smallest absolute Gasteiger partial charge is 0.355 e. The highest BCUT2D eigenvalue weighted by molar-refractivity contribution is 7.89. The fourth-order valence-electron chi connectivity index (χ4n) is 3.83. The number of esters is 1. The van der Waals surface area contributed by atoms with Gasteiger partial charge in [-0.15, -0.1) is 0 Å². The van der Waals surface area contributed by atoms with E-state index in [2.05, 4.69) is 4.98 Å². The molecule has 0 aliphatic carbocycles. The summed E-state index contributed by atoms with van der Waals surface area (Å²) in [6.07, 6.45) is 0. The Bertz CT molecular complexity index is 1320. The van der Waals surface area contributed by atoms with E-state index in [-0.39, 0.29) is 37.1 Å². The van der Waals surface area contributed by atoms with Crippen LogP contribution in [0.4, 0.5) is 4.39 Å². The van der Waals surface area contributed by atoms with Gasteiger partial charge < -0.3 is 19.2 Å². The topological polar surface area (TPSA) is 97.9 Å². The fourth-order valence-corrected chi connectivity index (χ4v) is 5.23. The molecule has 1 N–H and O–H groups in total. The van der Waals surface area contributed by atoms with Gasteiger partial charge in [-0.1, -0.05) is 6.07 Å². The number of aromatic nitrogens is 1. The van der Waals surface area contributed by atoms with Gasteiger partial charge in [-0.3, -0.25) is 0 Å². The normalized spacial score (nSPS) is 12.9. The second-order valence-electron chi connectivity index (χ2n) is 7.86. The molecule has 1 aromatic heterocycles. The van der Waals surface area contributed by atoms with Crippen LogP contribution < -0.4 is 9.47 Å². The molecule has 34 heavy (non-hydrogen) atoms. The van der Waals surface area contributed by atoms with Crippen LogP contribution >= 0.6 is 0 Å². The molecule has 0 fully saturated rings. The number of hydrogen-bond acceptors (Lipinski definition) is 6. The first-order valence-corrected chi connectivity index (χ1v) is 12.1. The number of carbonyl (C=O) groups excluding carboxylic acids is 1. The van der Waals surface area contributed by atoms with Crippen molar-refractivity contribution in [2.45, 2.75) is 38.8 Å². The van der Waals surface area contributed by atoms with Gasteiger partial charge in [0.05, 0.1) is 11.5 Å². The summed E-state index contributed by atoms with van der Waals surface area (Å²) in [6.45, 7) is 5.57. The summed E-state index contributed by atoms with van der Waals surface area (Å²) in [5, 5.41) is 0. The molecule has 1 aliphatic rings. The Morgan fingerprint density at radius 3 is 2.50 bits per heavy atom. The predicted molar refractivity (Wildman–Crippen MR) is 122 cm³/mol. The molecule has 8 nitrogen and oxygen atoms in total. The molecule has 4 rings (SSSR count). The quantitative estimate of drug-likeness (QED) is 0.480. The third-order valence-corrected chi connectivity index (χ3v) is 7.46. The van der Waals surface area contributed by atoms with Crippen LogP contribution in [-0.4, -0.2) is 37.1 Å². The van der Waals surface area contributed by atoms with Crippen molar-refractivity contribution in [2.75, 3.05) is 13.4 Å². The molecule has 0 amide bonds. The molecule has 0 saturated heterocycles. The zero-order chi connectivity index (χ0) is 24.5. The summed E-state index contributed by atoms with van der Waals surface area (Å²) in [7, 11) is -4.02. The molecule has 0 saturated carbocycles. The van der Waals surface area contributed by atoms with Crippen LogP contribution in [0.2, 0.25) is 0 Å². The van der Waals surface area contributed by atoms with E-state index in [0.29, 0.717) is 33.9 Å². The van der Waals surface area contributed by atoms with Crippen molar-refractivity contribution in [3.8, 4) is 11.5 Å². The van der Waals surface area contributed by atoms with Crippen LogP contribution in [0.25, 0.3) is 0 Å². The van der Waals surface area contributed by atoms with E-state index in [1.807, 2.05) is 0 Å². The van der Waals surface area contributed by atoms with Gasteiger partial charge in [0.15, 0.2) is 11.5 Å². The Kier molecular flexibility index (Phi) is 6.63. The van der Waals surface area contributed by atoms with E-state index >= 15 is 0 Å². The van der Waals surface area contributed by atoms with Crippen LogP contribution in [0.3, 0.4) is 0 Å². The van der Waals surface area contributed by atoms with Gasteiger partial charge in [-0.05, 0) is 73.9 Å². The van der Waals surface area contributed by atoms with E-state index in [4.69, 9.17) is 14.2 Å². The molecular weight excluding hydrogens is 463 g/mol. The average molecular weight is 489 g/mol. The number of rotatable bonds is 8. The number of hydrogen-bond donors (Lipinski definition) is 1. The molecular formula is C24H25FN2O6S. The molecule has 2 heterocycles. The molecule has 2 aromatic carbocycles. The maximum Gasteiger partial charge on any atom is 0.355 e. The highest BCUT2D eigenvalue weighted by Crippen LogP contribution is 2.34. The van der Waals surface area contributed by atoms with Crippen molar-refractivity contribution in [1.29, 1.82) is 0 Å². The van der Waals surface area contributed by atoms with E-state index in [1.54, 1.807) is 39.0 Å². The zero-order valence-corrected chi connectivity index (χ0v) is 19.9. The summed E-state index contributed by atoms with van der Waals surface area (Å²) >= 11 is 0. The summed E-state index contributed by atoms with van der Waals surface area (Å²) in [4.78, 5) is 15.3. The van der Waals surface area contributed by atoms with E-state index in [1.165, 1.54) is 16.4 Å². The van der Waals surface area contributed by atoms with Crippen molar-refractivity contribution >= 4 is 16.0 Å². The molecule has 0 unspecified atom stereocenters. The molecule has 0 atom stereocenters. The molecule has 1 aliphatic heterocycles. The van der Waals surface area contributed by atoms with Gasteiger partial charge in [0.1, 0.15) is 11.5 Å². The molecule has 0 spiro atoms. The second kappa shape index (κ2) is 9.47. The number of benzene rings is 2. The Morgan fingerprint density at radius 1 is 1.09 bits per heavy atom. The maximum atomic E-state index is 13.6. The Morgan fingerprint density at radius 2 is 1.79 bits per heavy atom. The number of nitrogens with zero attached hydrogens (tertiary/aromatic N) is 1. The zero-order valence-electron chi connectivity index (χ0n) is 19.1. The first-order valence-electron chi connectivity index (χ1n) is 10.7. The first kappa shape index (κ1) is 23.8. The minimum Gasteiger partial charge on any atom is -0.461 e. The number of aromatic amines is 1. The number of carbonyl (C=O) groups is 1. The number of aryl methyl sites for hydroxylation is 1. The lowest BCUT2D eigenvalue weighted by atomic mass is 10.1. The van der Waals surface area contributed by atoms with Crippen molar-refractivity contribution in [2.24, 2.45) is 0 Å². The van der Waals surface area contributed by atoms with Crippen LogP contribution in [-0.2, 0) is 27.8 Å². The van der Waals surface area contributed by atoms with Crippen molar-refractivity contribution < 1.29 is 31.8 Å². The highest BCUT2D eigenvalue weighted by atomic mass is 32.2. The SMILES string of the molecule is CCOC(=O)c1[nH]c(C)c(CN(Cc2ccc3c(c2)OCO3)S(=O)(=O)c2ccc(F)cc2)c1C. The summed E-state index contributed by atoms with van der Waals surface area (Å²) in [5.74, 6) is 0.0964. The van der Waals surface area contributed by atoms with Crippen LogP contribution in [0.1, 0.15) is 39.8 Å². The number of halogens is 1. The Hall–Kier alpha value is -3.37. The van der Waals surface area contributed by atoms with Crippen molar-refractivity contribution in [3.63, 3.8) is 0 Å². The maximum absolute atomic E-state index is 13.6. The third kappa shape index (κ3) is 4.64. The third-order valence-electron chi connectivity index (χ3n) is 5.65. The number of nitrogens with one attached hydrogen (secondary N) is 1. The number of fused-ring (bicyclic) bond motifs is 1. The van der Waals surface area contributed by atoms with Gasteiger partial charge >= 0.3 is 5.97 Å².